The maximum Gasteiger partial charge on any atom is 0.310 e. The molecule has 2 saturated carbocycles. The van der Waals surface area contributed by atoms with Crippen LogP contribution in [0, 0.1) is 28.6 Å². The van der Waals surface area contributed by atoms with Crippen LogP contribution in [-0.4, -0.2) is 17.0 Å². The molecule has 2 fully saturated rings. The fourth-order valence-corrected chi connectivity index (χ4v) is 4.46. The van der Waals surface area contributed by atoms with Crippen LogP contribution in [0.5, 0.6) is 0 Å². The number of hydrogen-bond acceptors (Lipinski definition) is 2. The summed E-state index contributed by atoms with van der Waals surface area (Å²) >= 11 is 0. The predicted octanol–water partition coefficient (Wildman–Crippen LogP) is 2.42. The minimum atomic E-state index is -0.886. The molecular formula is C15H25NO3. The third kappa shape index (κ3) is 1.87. The summed E-state index contributed by atoms with van der Waals surface area (Å²) in [5.74, 6) is -0.459. The third-order valence-corrected chi connectivity index (χ3v) is 5.53. The molecule has 0 aliphatic heterocycles. The first kappa shape index (κ1) is 14.4. The molecule has 2 aliphatic rings. The van der Waals surface area contributed by atoms with Crippen molar-refractivity contribution in [3.8, 4) is 0 Å². The van der Waals surface area contributed by atoms with Crippen molar-refractivity contribution in [2.24, 2.45) is 34.3 Å². The molecule has 0 aromatic rings. The molecule has 0 aromatic carbocycles. The summed E-state index contributed by atoms with van der Waals surface area (Å²) in [6.07, 6.45) is 3.81. The first-order chi connectivity index (χ1) is 8.78. The Morgan fingerprint density at radius 3 is 2.21 bits per heavy atom. The lowest BCUT2D eigenvalue weighted by Crippen LogP contribution is -2.56. The third-order valence-electron chi connectivity index (χ3n) is 5.53. The summed E-state index contributed by atoms with van der Waals surface area (Å²) in [6, 6.07) is 0. The number of carbonyl (C=O) groups excluding carboxylic acids is 1. The normalized spacial score (nSPS) is 37.1. The lowest BCUT2D eigenvalue weighted by molar-refractivity contribution is -0.165. The van der Waals surface area contributed by atoms with E-state index in [0.717, 1.165) is 12.8 Å². The zero-order valence-corrected chi connectivity index (χ0v) is 12.1. The van der Waals surface area contributed by atoms with Crippen molar-refractivity contribution in [1.29, 1.82) is 0 Å². The average molecular weight is 267 g/mol. The van der Waals surface area contributed by atoms with Crippen molar-refractivity contribution in [3.05, 3.63) is 0 Å². The molecule has 4 nitrogen and oxygen atoms in total. The molecule has 0 spiro atoms. The van der Waals surface area contributed by atoms with Crippen LogP contribution in [0.2, 0.25) is 0 Å². The fourth-order valence-electron chi connectivity index (χ4n) is 4.46. The van der Waals surface area contributed by atoms with Gasteiger partial charge >= 0.3 is 5.97 Å². The Kier molecular flexibility index (Phi) is 3.40. The van der Waals surface area contributed by atoms with Gasteiger partial charge in [0.05, 0.1) is 10.8 Å². The summed E-state index contributed by atoms with van der Waals surface area (Å²) in [6.45, 7) is 6.26. The van der Waals surface area contributed by atoms with Gasteiger partial charge in [-0.2, -0.15) is 0 Å². The van der Waals surface area contributed by atoms with Gasteiger partial charge in [-0.15, -0.1) is 0 Å². The average Bonchev–Trinajstić information content (AvgIpc) is 3.08. The second-order valence-electron chi connectivity index (χ2n) is 6.96. The SMILES string of the molecule is CC(C)[C@H]1CC[C@@H](C)C[C@@]1(C(N)=O)C1(C(=O)O)CC1. The van der Waals surface area contributed by atoms with Gasteiger partial charge in [0.25, 0.3) is 0 Å². The number of nitrogens with two attached hydrogens (primary N) is 1. The molecular weight excluding hydrogens is 242 g/mol. The van der Waals surface area contributed by atoms with Crippen LogP contribution >= 0.6 is 0 Å². The molecule has 108 valence electrons. The Morgan fingerprint density at radius 1 is 1.26 bits per heavy atom. The van der Waals surface area contributed by atoms with E-state index in [1.54, 1.807) is 0 Å². The van der Waals surface area contributed by atoms with Crippen LogP contribution in [0.3, 0.4) is 0 Å². The zero-order chi connectivity index (χ0) is 14.4. The summed E-state index contributed by atoms with van der Waals surface area (Å²) < 4.78 is 0. The van der Waals surface area contributed by atoms with E-state index in [1.165, 1.54) is 0 Å². The quantitative estimate of drug-likeness (QED) is 0.820. The molecule has 4 heteroatoms. The second-order valence-corrected chi connectivity index (χ2v) is 6.96. The van der Waals surface area contributed by atoms with Crippen LogP contribution in [0.1, 0.15) is 52.9 Å². The summed E-state index contributed by atoms with van der Waals surface area (Å²) in [5, 5.41) is 9.65. The van der Waals surface area contributed by atoms with Crippen molar-refractivity contribution in [2.75, 3.05) is 0 Å². The number of amides is 1. The van der Waals surface area contributed by atoms with Crippen molar-refractivity contribution >= 4 is 11.9 Å². The van der Waals surface area contributed by atoms with Crippen LogP contribution < -0.4 is 5.73 Å². The first-order valence-corrected chi connectivity index (χ1v) is 7.31. The standard InChI is InChI=1S/C15H25NO3/c1-9(2)11-5-4-10(3)8-15(11,12(16)17)14(6-7-14)13(18)19/h9-11H,4-8H2,1-3H3,(H2,16,17)(H,18,19)/t10-,11-,15-/m1/s1. The summed E-state index contributed by atoms with van der Waals surface area (Å²) in [5.41, 5.74) is 4.03. The van der Waals surface area contributed by atoms with E-state index in [2.05, 4.69) is 20.8 Å². The van der Waals surface area contributed by atoms with Crippen LogP contribution in [0.25, 0.3) is 0 Å². The van der Waals surface area contributed by atoms with Gasteiger partial charge in [-0.25, -0.2) is 0 Å². The lowest BCUT2D eigenvalue weighted by atomic mass is 9.52. The van der Waals surface area contributed by atoms with E-state index < -0.39 is 22.7 Å². The number of aliphatic carboxylic acids is 1. The van der Waals surface area contributed by atoms with E-state index in [-0.39, 0.29) is 11.8 Å². The lowest BCUT2D eigenvalue weighted by Gasteiger charge is -2.49. The van der Waals surface area contributed by atoms with E-state index in [1.807, 2.05) is 0 Å². The Morgan fingerprint density at radius 2 is 1.84 bits per heavy atom. The van der Waals surface area contributed by atoms with Gasteiger partial charge in [0, 0.05) is 0 Å². The highest BCUT2D eigenvalue weighted by Gasteiger charge is 2.70. The molecule has 0 aromatic heterocycles. The Bertz CT molecular complexity index is 400. The Balaban J connectivity index is 2.51. The van der Waals surface area contributed by atoms with Crippen molar-refractivity contribution < 1.29 is 14.7 Å². The van der Waals surface area contributed by atoms with Gasteiger partial charge in [0.1, 0.15) is 0 Å². The van der Waals surface area contributed by atoms with Gasteiger partial charge in [-0.3, -0.25) is 9.59 Å². The highest BCUT2D eigenvalue weighted by Crippen LogP contribution is 2.67. The molecule has 3 atom stereocenters. The highest BCUT2D eigenvalue weighted by atomic mass is 16.4. The topological polar surface area (TPSA) is 80.4 Å². The monoisotopic (exact) mass is 267 g/mol. The van der Waals surface area contributed by atoms with Gasteiger partial charge in [-0.05, 0) is 43.4 Å². The molecule has 2 aliphatic carbocycles. The van der Waals surface area contributed by atoms with Gasteiger partial charge in [0.15, 0.2) is 0 Å². The fraction of sp³-hybridized carbons (Fsp3) is 0.867. The summed E-state index contributed by atoms with van der Waals surface area (Å²) in [7, 11) is 0. The molecule has 0 bridgehead atoms. The van der Waals surface area contributed by atoms with Gasteiger partial charge in [0.2, 0.25) is 5.91 Å². The maximum atomic E-state index is 12.3. The molecule has 2 rings (SSSR count). The number of rotatable bonds is 4. The number of carboxylic acids is 1. The first-order valence-electron chi connectivity index (χ1n) is 7.31. The Hall–Kier alpha value is -1.06. The molecule has 0 radical (unpaired) electrons. The largest absolute Gasteiger partial charge is 0.481 e. The van der Waals surface area contributed by atoms with Crippen LogP contribution in [0.4, 0.5) is 0 Å². The van der Waals surface area contributed by atoms with Gasteiger partial charge < -0.3 is 10.8 Å². The summed E-state index contributed by atoms with van der Waals surface area (Å²) in [4.78, 5) is 24.0. The number of carboxylic acid groups (broad SMARTS) is 1. The van der Waals surface area contributed by atoms with E-state index in [0.29, 0.717) is 25.2 Å². The smallest absolute Gasteiger partial charge is 0.310 e. The number of hydrogen-bond donors (Lipinski definition) is 2. The molecule has 0 unspecified atom stereocenters. The minimum absolute atomic E-state index is 0.0970. The highest BCUT2D eigenvalue weighted by molar-refractivity contribution is 5.92. The number of primary amides is 1. The maximum absolute atomic E-state index is 12.3. The molecule has 1 amide bonds. The Labute approximate surface area is 114 Å². The van der Waals surface area contributed by atoms with Crippen molar-refractivity contribution in [3.63, 3.8) is 0 Å². The minimum Gasteiger partial charge on any atom is -0.481 e. The van der Waals surface area contributed by atoms with Gasteiger partial charge in [-0.1, -0.05) is 27.2 Å². The second kappa shape index (κ2) is 4.50. The predicted molar refractivity (Wildman–Crippen MR) is 72.3 cm³/mol. The number of carbonyl (C=O) groups is 2. The van der Waals surface area contributed by atoms with Crippen LogP contribution in [-0.2, 0) is 9.59 Å². The van der Waals surface area contributed by atoms with E-state index in [9.17, 15) is 14.7 Å². The van der Waals surface area contributed by atoms with E-state index in [4.69, 9.17) is 5.73 Å². The van der Waals surface area contributed by atoms with Crippen molar-refractivity contribution in [2.45, 2.75) is 52.9 Å². The zero-order valence-electron chi connectivity index (χ0n) is 12.1. The molecule has 19 heavy (non-hydrogen) atoms. The molecule has 3 N–H and O–H groups in total. The van der Waals surface area contributed by atoms with Crippen molar-refractivity contribution in [1.82, 2.24) is 0 Å². The van der Waals surface area contributed by atoms with Crippen LogP contribution in [0.15, 0.2) is 0 Å². The molecule has 0 heterocycles. The van der Waals surface area contributed by atoms with E-state index >= 15 is 0 Å². The molecule has 0 saturated heterocycles.